The molecule has 3 rings (SSSR count). The molecule has 1 N–H and O–H groups in total. The predicted molar refractivity (Wildman–Crippen MR) is 59.5 cm³/mol. The zero-order valence-corrected chi connectivity index (χ0v) is 8.70. The van der Waals surface area contributed by atoms with Gasteiger partial charge in [0.25, 0.3) is 0 Å². The Labute approximate surface area is 88.6 Å². The predicted octanol–water partition coefficient (Wildman–Crippen LogP) is 1.84. The lowest BCUT2D eigenvalue weighted by Gasteiger charge is -2.13. The van der Waals surface area contributed by atoms with Gasteiger partial charge in [0.1, 0.15) is 0 Å². The molecule has 0 spiro atoms. The van der Waals surface area contributed by atoms with E-state index in [1.807, 2.05) is 19.2 Å². The van der Waals surface area contributed by atoms with E-state index in [0.717, 1.165) is 16.7 Å². The molecule has 1 aliphatic carbocycles. The van der Waals surface area contributed by atoms with Crippen LogP contribution in [0.15, 0.2) is 30.5 Å². The van der Waals surface area contributed by atoms with Crippen molar-refractivity contribution in [3.63, 3.8) is 0 Å². The summed E-state index contributed by atoms with van der Waals surface area (Å²) in [6.45, 7) is 0. The van der Waals surface area contributed by atoms with Crippen LogP contribution in [0, 0.1) is 0 Å². The molecule has 0 unspecified atom stereocenters. The topological polar surface area (TPSA) is 37.8 Å². The fourth-order valence-corrected chi connectivity index (χ4v) is 1.98. The highest BCUT2D eigenvalue weighted by Crippen LogP contribution is 2.44. The summed E-state index contributed by atoms with van der Waals surface area (Å²) in [7, 11) is 2.00. The Morgan fingerprint density at radius 2 is 2.13 bits per heavy atom. The zero-order chi connectivity index (χ0) is 10.3. The minimum atomic E-state index is 0.131. The van der Waals surface area contributed by atoms with E-state index >= 15 is 0 Å². The van der Waals surface area contributed by atoms with Crippen molar-refractivity contribution in [1.29, 1.82) is 0 Å². The van der Waals surface area contributed by atoms with E-state index < -0.39 is 0 Å². The van der Waals surface area contributed by atoms with Gasteiger partial charge in [-0.05, 0) is 44.2 Å². The molecule has 76 valence electrons. The Morgan fingerprint density at radius 1 is 1.27 bits per heavy atom. The molecule has 1 fully saturated rings. The summed E-state index contributed by atoms with van der Waals surface area (Å²) in [4.78, 5) is 8.89. The first-order chi connectivity index (χ1) is 7.34. The van der Waals surface area contributed by atoms with Crippen LogP contribution < -0.4 is 5.32 Å². The highest BCUT2D eigenvalue weighted by Gasteiger charge is 2.44. The largest absolute Gasteiger partial charge is 0.309 e. The highest BCUT2D eigenvalue weighted by atomic mass is 15.0. The molecule has 2 aromatic rings. The number of fused-ring (bicyclic) bond motifs is 1. The maximum atomic E-state index is 4.61. The Kier molecular flexibility index (Phi) is 1.76. The molecule has 0 saturated heterocycles. The standard InChI is InChI=1S/C12H13N3/c1-13-12(6-7-12)10-5-4-9-3-2-8-14-11(9)15-10/h2-5,8,13H,6-7H2,1H3. The molecule has 0 atom stereocenters. The summed E-state index contributed by atoms with van der Waals surface area (Å²) in [5.41, 5.74) is 2.10. The second kappa shape index (κ2) is 3.00. The van der Waals surface area contributed by atoms with E-state index in [4.69, 9.17) is 0 Å². The van der Waals surface area contributed by atoms with Crippen LogP contribution in [0.4, 0.5) is 0 Å². The van der Waals surface area contributed by atoms with Gasteiger partial charge in [-0.2, -0.15) is 0 Å². The molecule has 0 amide bonds. The van der Waals surface area contributed by atoms with E-state index in [-0.39, 0.29) is 5.54 Å². The van der Waals surface area contributed by atoms with Crippen molar-refractivity contribution in [2.75, 3.05) is 7.05 Å². The number of nitrogens with one attached hydrogen (secondary N) is 1. The average molecular weight is 199 g/mol. The second-order valence-electron chi connectivity index (χ2n) is 4.08. The molecule has 1 saturated carbocycles. The van der Waals surface area contributed by atoms with E-state index in [9.17, 15) is 0 Å². The van der Waals surface area contributed by atoms with Crippen LogP contribution in [-0.2, 0) is 5.54 Å². The SMILES string of the molecule is CNC1(c2ccc3cccnc3n2)CC1. The monoisotopic (exact) mass is 199 g/mol. The minimum absolute atomic E-state index is 0.131. The molecular formula is C12H13N3. The summed E-state index contributed by atoms with van der Waals surface area (Å²) in [5.74, 6) is 0. The molecule has 3 nitrogen and oxygen atoms in total. The van der Waals surface area contributed by atoms with Crippen molar-refractivity contribution in [2.24, 2.45) is 0 Å². The van der Waals surface area contributed by atoms with E-state index in [1.54, 1.807) is 6.20 Å². The normalized spacial score (nSPS) is 17.9. The van der Waals surface area contributed by atoms with Crippen molar-refractivity contribution < 1.29 is 0 Å². The Hall–Kier alpha value is -1.48. The lowest BCUT2D eigenvalue weighted by molar-refractivity contribution is 0.569. The molecule has 0 aliphatic heterocycles. The Balaban J connectivity index is 2.14. The number of aromatic nitrogens is 2. The fourth-order valence-electron chi connectivity index (χ4n) is 1.98. The molecule has 3 heteroatoms. The van der Waals surface area contributed by atoms with Crippen LogP contribution in [0.5, 0.6) is 0 Å². The van der Waals surface area contributed by atoms with Gasteiger partial charge in [0, 0.05) is 11.6 Å². The van der Waals surface area contributed by atoms with Crippen LogP contribution in [0.3, 0.4) is 0 Å². The first kappa shape index (κ1) is 8.80. The summed E-state index contributed by atoms with van der Waals surface area (Å²) >= 11 is 0. The first-order valence-electron chi connectivity index (χ1n) is 5.25. The summed E-state index contributed by atoms with van der Waals surface area (Å²) in [6, 6.07) is 8.18. The van der Waals surface area contributed by atoms with Gasteiger partial charge in [-0.1, -0.05) is 0 Å². The molecular weight excluding hydrogens is 186 g/mol. The minimum Gasteiger partial charge on any atom is -0.309 e. The molecule has 0 bridgehead atoms. The molecule has 0 aromatic carbocycles. The zero-order valence-electron chi connectivity index (χ0n) is 8.70. The molecule has 15 heavy (non-hydrogen) atoms. The Bertz CT molecular complexity index is 503. The molecule has 2 aromatic heterocycles. The van der Waals surface area contributed by atoms with Gasteiger partial charge >= 0.3 is 0 Å². The second-order valence-corrected chi connectivity index (χ2v) is 4.08. The maximum absolute atomic E-state index is 4.61. The maximum Gasteiger partial charge on any atom is 0.159 e. The third kappa shape index (κ3) is 1.31. The van der Waals surface area contributed by atoms with Crippen molar-refractivity contribution in [3.05, 3.63) is 36.2 Å². The van der Waals surface area contributed by atoms with Crippen molar-refractivity contribution in [2.45, 2.75) is 18.4 Å². The van der Waals surface area contributed by atoms with Gasteiger partial charge in [0.15, 0.2) is 5.65 Å². The van der Waals surface area contributed by atoms with E-state index in [1.165, 1.54) is 12.8 Å². The molecule has 2 heterocycles. The average Bonchev–Trinajstić information content (AvgIpc) is 3.09. The summed E-state index contributed by atoms with van der Waals surface area (Å²) in [6.07, 6.45) is 4.14. The summed E-state index contributed by atoms with van der Waals surface area (Å²) in [5, 5.41) is 4.45. The molecule has 1 aliphatic rings. The van der Waals surface area contributed by atoms with Crippen molar-refractivity contribution in [3.8, 4) is 0 Å². The van der Waals surface area contributed by atoms with Crippen molar-refractivity contribution in [1.82, 2.24) is 15.3 Å². The van der Waals surface area contributed by atoms with Crippen LogP contribution in [-0.4, -0.2) is 17.0 Å². The van der Waals surface area contributed by atoms with E-state index in [2.05, 4.69) is 27.4 Å². The van der Waals surface area contributed by atoms with Gasteiger partial charge in [-0.3, -0.25) is 0 Å². The smallest absolute Gasteiger partial charge is 0.159 e. The van der Waals surface area contributed by atoms with Gasteiger partial charge in [0.05, 0.1) is 11.2 Å². The quantitative estimate of drug-likeness (QED) is 0.802. The van der Waals surface area contributed by atoms with E-state index in [0.29, 0.717) is 0 Å². The number of hydrogen-bond acceptors (Lipinski definition) is 3. The van der Waals surface area contributed by atoms with Crippen LogP contribution >= 0.6 is 0 Å². The van der Waals surface area contributed by atoms with Gasteiger partial charge in [0.2, 0.25) is 0 Å². The third-order valence-corrected chi connectivity index (χ3v) is 3.18. The third-order valence-electron chi connectivity index (χ3n) is 3.18. The van der Waals surface area contributed by atoms with Gasteiger partial charge in [-0.15, -0.1) is 0 Å². The fraction of sp³-hybridized carbons (Fsp3) is 0.333. The highest BCUT2D eigenvalue weighted by molar-refractivity contribution is 5.74. The number of nitrogens with zero attached hydrogens (tertiary/aromatic N) is 2. The lowest BCUT2D eigenvalue weighted by Crippen LogP contribution is -2.25. The van der Waals surface area contributed by atoms with Crippen molar-refractivity contribution >= 4 is 11.0 Å². The van der Waals surface area contributed by atoms with Gasteiger partial charge < -0.3 is 5.32 Å². The lowest BCUT2D eigenvalue weighted by atomic mass is 10.1. The Morgan fingerprint density at radius 3 is 2.87 bits per heavy atom. The number of pyridine rings is 2. The number of hydrogen-bond donors (Lipinski definition) is 1. The van der Waals surface area contributed by atoms with Crippen LogP contribution in [0.1, 0.15) is 18.5 Å². The first-order valence-corrected chi connectivity index (χ1v) is 5.25. The summed E-state index contributed by atoms with van der Waals surface area (Å²) < 4.78 is 0. The van der Waals surface area contributed by atoms with Gasteiger partial charge in [-0.25, -0.2) is 9.97 Å². The number of rotatable bonds is 2. The van der Waals surface area contributed by atoms with Crippen LogP contribution in [0.2, 0.25) is 0 Å². The molecule has 0 radical (unpaired) electrons. The van der Waals surface area contributed by atoms with Crippen LogP contribution in [0.25, 0.3) is 11.0 Å².